The molecule has 0 unspecified atom stereocenters. The molecular weight excluding hydrogens is 124 g/mol. The number of aliphatic carboxylic acids is 1. The largest absolute Gasteiger partial charge is 0.478 e. The van der Waals surface area contributed by atoms with Crippen LogP contribution in [0.2, 0.25) is 0 Å². The molecule has 0 aliphatic carbocycles. The van der Waals surface area contributed by atoms with Crippen molar-refractivity contribution in [3.05, 3.63) is 11.8 Å². The maximum Gasteiger partial charge on any atom is 0.334 e. The first-order valence-electron chi connectivity index (χ1n) is 2.17. The SMILES string of the molecule is CC(=COC=O)C(=O)O. The van der Waals surface area contributed by atoms with E-state index in [1.807, 2.05) is 0 Å². The maximum atomic E-state index is 9.94. The van der Waals surface area contributed by atoms with Crippen molar-refractivity contribution in [3.63, 3.8) is 0 Å². The van der Waals surface area contributed by atoms with Gasteiger partial charge in [0.1, 0.15) is 6.26 Å². The van der Waals surface area contributed by atoms with E-state index in [1.165, 1.54) is 6.92 Å². The zero-order chi connectivity index (χ0) is 7.28. The number of rotatable bonds is 3. The molecule has 0 rings (SSSR count). The van der Waals surface area contributed by atoms with Gasteiger partial charge in [0, 0.05) is 0 Å². The molecule has 0 fully saturated rings. The lowest BCUT2D eigenvalue weighted by Crippen LogP contribution is -1.96. The van der Waals surface area contributed by atoms with Crippen LogP contribution in [0.15, 0.2) is 11.8 Å². The van der Waals surface area contributed by atoms with Crippen molar-refractivity contribution in [2.24, 2.45) is 0 Å². The first-order valence-corrected chi connectivity index (χ1v) is 2.17. The van der Waals surface area contributed by atoms with Gasteiger partial charge < -0.3 is 9.84 Å². The Balaban J connectivity index is 3.83. The standard InChI is InChI=1S/C5H6O4/c1-4(5(7)8)2-9-3-6/h2-3H,1H3,(H,7,8). The van der Waals surface area contributed by atoms with E-state index < -0.39 is 5.97 Å². The van der Waals surface area contributed by atoms with Gasteiger partial charge in [-0.15, -0.1) is 0 Å². The van der Waals surface area contributed by atoms with E-state index in [0.29, 0.717) is 0 Å². The van der Waals surface area contributed by atoms with Crippen molar-refractivity contribution in [2.45, 2.75) is 6.92 Å². The summed E-state index contributed by atoms with van der Waals surface area (Å²) in [5, 5.41) is 8.14. The van der Waals surface area contributed by atoms with E-state index in [2.05, 4.69) is 4.74 Å². The van der Waals surface area contributed by atoms with Gasteiger partial charge in [0.25, 0.3) is 6.47 Å². The van der Waals surface area contributed by atoms with Crippen LogP contribution in [0.4, 0.5) is 0 Å². The van der Waals surface area contributed by atoms with Crippen molar-refractivity contribution in [2.75, 3.05) is 0 Å². The molecule has 9 heavy (non-hydrogen) atoms. The van der Waals surface area contributed by atoms with Gasteiger partial charge >= 0.3 is 5.97 Å². The normalized spacial score (nSPS) is 10.6. The lowest BCUT2D eigenvalue weighted by molar-refractivity contribution is -0.132. The first kappa shape index (κ1) is 7.68. The molecule has 0 aliphatic rings. The third kappa shape index (κ3) is 3.28. The molecule has 0 aliphatic heterocycles. The Bertz CT molecular complexity index is 147. The summed E-state index contributed by atoms with van der Waals surface area (Å²) in [7, 11) is 0. The van der Waals surface area contributed by atoms with Gasteiger partial charge in [0.05, 0.1) is 5.57 Å². The van der Waals surface area contributed by atoms with Crippen LogP contribution in [0.25, 0.3) is 0 Å². The van der Waals surface area contributed by atoms with E-state index in [4.69, 9.17) is 5.11 Å². The van der Waals surface area contributed by atoms with E-state index in [1.54, 1.807) is 0 Å². The minimum atomic E-state index is -1.10. The summed E-state index contributed by atoms with van der Waals surface area (Å²) in [5.41, 5.74) is -0.0119. The zero-order valence-electron chi connectivity index (χ0n) is 4.83. The summed E-state index contributed by atoms with van der Waals surface area (Å²) in [4.78, 5) is 19.4. The number of carboxylic acid groups (broad SMARTS) is 1. The van der Waals surface area contributed by atoms with Crippen LogP contribution in [0, 0.1) is 0 Å². The number of carbonyl (C=O) groups is 2. The first-order chi connectivity index (χ1) is 4.18. The molecule has 4 nitrogen and oxygen atoms in total. The Morgan fingerprint density at radius 3 is 2.56 bits per heavy atom. The summed E-state index contributed by atoms with van der Waals surface area (Å²) >= 11 is 0. The van der Waals surface area contributed by atoms with Crippen LogP contribution in [-0.4, -0.2) is 17.5 Å². The molecule has 0 saturated heterocycles. The van der Waals surface area contributed by atoms with Crippen LogP contribution in [0.3, 0.4) is 0 Å². The van der Waals surface area contributed by atoms with Gasteiger partial charge in [-0.2, -0.15) is 0 Å². The minimum absolute atomic E-state index is 0.0119. The number of ether oxygens (including phenoxy) is 1. The number of carbonyl (C=O) groups excluding carboxylic acids is 1. The highest BCUT2D eigenvalue weighted by atomic mass is 16.5. The van der Waals surface area contributed by atoms with Gasteiger partial charge in [-0.3, -0.25) is 4.79 Å². The van der Waals surface area contributed by atoms with E-state index in [9.17, 15) is 9.59 Å². The second-order valence-electron chi connectivity index (χ2n) is 1.34. The fraction of sp³-hybridized carbons (Fsp3) is 0.200. The van der Waals surface area contributed by atoms with Crippen LogP contribution in [0.5, 0.6) is 0 Å². The van der Waals surface area contributed by atoms with Gasteiger partial charge in [-0.1, -0.05) is 0 Å². The molecule has 50 valence electrons. The Morgan fingerprint density at radius 1 is 1.67 bits per heavy atom. The topological polar surface area (TPSA) is 63.6 Å². The molecule has 0 spiro atoms. The molecule has 4 heteroatoms. The van der Waals surface area contributed by atoms with Gasteiger partial charge in [0.2, 0.25) is 0 Å². The fourth-order valence-electron chi connectivity index (χ4n) is 0.180. The van der Waals surface area contributed by atoms with Crippen molar-refractivity contribution < 1.29 is 19.4 Å². The predicted octanol–water partition coefficient (Wildman–Crippen LogP) is 0.148. The predicted molar refractivity (Wildman–Crippen MR) is 28.5 cm³/mol. The number of carboxylic acids is 1. The molecule has 0 atom stereocenters. The maximum absolute atomic E-state index is 9.94. The average Bonchev–Trinajstić information content (AvgIpc) is 1.82. The Labute approximate surface area is 51.7 Å². The quantitative estimate of drug-likeness (QED) is 0.335. The zero-order valence-corrected chi connectivity index (χ0v) is 4.83. The minimum Gasteiger partial charge on any atom is -0.478 e. The summed E-state index contributed by atoms with van der Waals surface area (Å²) in [6.07, 6.45) is 0.870. The van der Waals surface area contributed by atoms with Crippen molar-refractivity contribution in [1.82, 2.24) is 0 Å². The van der Waals surface area contributed by atoms with E-state index >= 15 is 0 Å². The third-order valence-electron chi connectivity index (χ3n) is 0.638. The molecule has 0 amide bonds. The van der Waals surface area contributed by atoms with Crippen molar-refractivity contribution in [1.29, 1.82) is 0 Å². The summed E-state index contributed by atoms with van der Waals surface area (Å²) in [6, 6.07) is 0. The molecule has 1 N–H and O–H groups in total. The highest BCUT2D eigenvalue weighted by molar-refractivity contribution is 5.85. The molecule has 0 aromatic heterocycles. The van der Waals surface area contributed by atoms with Crippen LogP contribution < -0.4 is 0 Å². The lowest BCUT2D eigenvalue weighted by Gasteiger charge is -1.88. The van der Waals surface area contributed by atoms with E-state index in [0.717, 1.165) is 6.26 Å². The highest BCUT2D eigenvalue weighted by Gasteiger charge is 1.97. The summed E-state index contributed by atoms with van der Waals surface area (Å²) in [5.74, 6) is -1.10. The monoisotopic (exact) mass is 130 g/mol. The van der Waals surface area contributed by atoms with Gasteiger partial charge in [0.15, 0.2) is 0 Å². The molecule has 0 aromatic carbocycles. The molecule has 0 radical (unpaired) electrons. The Morgan fingerprint density at radius 2 is 2.22 bits per heavy atom. The smallest absolute Gasteiger partial charge is 0.334 e. The second kappa shape index (κ2) is 3.65. The lowest BCUT2D eigenvalue weighted by atomic mass is 10.4. The molecular formula is C5H6O4. The summed E-state index contributed by atoms with van der Waals surface area (Å²) < 4.78 is 4.03. The number of hydrogen-bond donors (Lipinski definition) is 1. The van der Waals surface area contributed by atoms with E-state index in [-0.39, 0.29) is 12.0 Å². The molecule has 0 bridgehead atoms. The Hall–Kier alpha value is -1.32. The fourth-order valence-corrected chi connectivity index (χ4v) is 0.180. The molecule has 0 saturated carbocycles. The van der Waals surface area contributed by atoms with Gasteiger partial charge in [-0.25, -0.2) is 4.79 Å². The molecule has 0 heterocycles. The van der Waals surface area contributed by atoms with Gasteiger partial charge in [-0.05, 0) is 6.92 Å². The third-order valence-corrected chi connectivity index (χ3v) is 0.638. The Kier molecular flexibility index (Phi) is 3.12. The van der Waals surface area contributed by atoms with Crippen LogP contribution in [0.1, 0.15) is 6.92 Å². The average molecular weight is 130 g/mol. The number of hydrogen-bond acceptors (Lipinski definition) is 3. The van der Waals surface area contributed by atoms with Crippen molar-refractivity contribution >= 4 is 12.4 Å². The van der Waals surface area contributed by atoms with Crippen LogP contribution in [-0.2, 0) is 14.3 Å². The molecule has 0 aromatic rings. The van der Waals surface area contributed by atoms with Crippen LogP contribution >= 0.6 is 0 Å². The highest BCUT2D eigenvalue weighted by Crippen LogP contribution is 1.89. The summed E-state index contributed by atoms with van der Waals surface area (Å²) in [6.45, 7) is 1.48. The van der Waals surface area contributed by atoms with Crippen molar-refractivity contribution in [3.8, 4) is 0 Å². The second-order valence-corrected chi connectivity index (χ2v) is 1.34.